The molecule has 1 aromatic heterocycles. The molecule has 1 heterocycles. The maximum atomic E-state index is 13.0. The van der Waals surface area contributed by atoms with Crippen molar-refractivity contribution in [3.8, 4) is 16.9 Å². The van der Waals surface area contributed by atoms with E-state index in [-0.39, 0.29) is 0 Å². The van der Waals surface area contributed by atoms with E-state index in [1.807, 2.05) is 56.3 Å². The zero-order valence-electron chi connectivity index (χ0n) is 19.5. The van der Waals surface area contributed by atoms with Crippen molar-refractivity contribution in [1.29, 1.82) is 0 Å². The molecule has 0 saturated carbocycles. The largest absolute Gasteiger partial charge is 0.493 e. The lowest BCUT2D eigenvalue weighted by Gasteiger charge is -2.15. The molecule has 172 valence electrons. The number of fused-ring (bicyclic) bond motifs is 1. The Morgan fingerprint density at radius 3 is 2.38 bits per heavy atom. The number of Topliss-reactive ketones (excluding diaryl/α,β-unsaturated/α-hetero) is 1. The van der Waals surface area contributed by atoms with E-state index in [1.54, 1.807) is 6.08 Å². The van der Waals surface area contributed by atoms with Crippen LogP contribution in [0.5, 0.6) is 5.75 Å². The summed E-state index contributed by atoms with van der Waals surface area (Å²) in [6.45, 7) is 8.53. The molecule has 0 fully saturated rings. The fraction of sp³-hybridized carbons (Fsp3) is 0.172. The van der Waals surface area contributed by atoms with Crippen LogP contribution in [0, 0.1) is 6.92 Å². The summed E-state index contributed by atoms with van der Waals surface area (Å²) in [4.78, 5) is 25.0. The third kappa shape index (κ3) is 4.13. The van der Waals surface area contributed by atoms with Gasteiger partial charge >= 0.3 is 0 Å². The number of benzene rings is 3. The van der Waals surface area contributed by atoms with Gasteiger partial charge in [-0.15, -0.1) is 6.58 Å². The van der Waals surface area contributed by atoms with E-state index in [9.17, 15) is 9.59 Å². The highest BCUT2D eigenvalue weighted by molar-refractivity contribution is 6.45. The molecular weight excluding hydrogens is 424 g/mol. The van der Waals surface area contributed by atoms with Gasteiger partial charge in [-0.2, -0.15) is 0 Å². The maximum Gasteiger partial charge on any atom is 0.289 e. The summed E-state index contributed by atoms with van der Waals surface area (Å²) in [7, 11) is 0. The molecule has 0 aliphatic rings. The second kappa shape index (κ2) is 9.79. The van der Waals surface area contributed by atoms with Gasteiger partial charge in [0.2, 0.25) is 0 Å². The molecule has 0 saturated heterocycles. The van der Waals surface area contributed by atoms with Gasteiger partial charge in [0.1, 0.15) is 5.75 Å². The zero-order chi connectivity index (χ0) is 24.2. The Labute approximate surface area is 199 Å². The van der Waals surface area contributed by atoms with Crippen molar-refractivity contribution in [3.63, 3.8) is 0 Å². The van der Waals surface area contributed by atoms with Crippen LogP contribution in [0.4, 0.5) is 0 Å². The van der Waals surface area contributed by atoms with E-state index < -0.39 is 11.7 Å². The smallest absolute Gasteiger partial charge is 0.289 e. The van der Waals surface area contributed by atoms with Gasteiger partial charge in [-0.3, -0.25) is 9.59 Å². The Morgan fingerprint density at radius 1 is 1.00 bits per heavy atom. The van der Waals surface area contributed by atoms with Crippen LogP contribution in [-0.2, 0) is 17.8 Å². The number of hydrogen-bond donors (Lipinski definition) is 1. The van der Waals surface area contributed by atoms with Crippen molar-refractivity contribution >= 4 is 22.6 Å². The van der Waals surface area contributed by atoms with Crippen molar-refractivity contribution in [1.82, 2.24) is 4.57 Å². The summed E-state index contributed by atoms with van der Waals surface area (Å²) in [5.74, 6) is -1.10. The van der Waals surface area contributed by atoms with Gasteiger partial charge in [0.15, 0.2) is 0 Å². The van der Waals surface area contributed by atoms with Crippen LogP contribution < -0.4 is 10.5 Å². The van der Waals surface area contributed by atoms with Crippen LogP contribution in [0.1, 0.15) is 34.1 Å². The second-order valence-electron chi connectivity index (χ2n) is 8.14. The Balaban J connectivity index is 1.98. The number of rotatable bonds is 9. The first-order valence-electron chi connectivity index (χ1n) is 11.3. The Hall–Kier alpha value is -4.12. The molecule has 4 rings (SSSR count). The van der Waals surface area contributed by atoms with Gasteiger partial charge in [0.05, 0.1) is 23.1 Å². The number of nitrogens with two attached hydrogens (primary N) is 1. The minimum absolute atomic E-state index is 0.300. The number of nitrogens with zero attached hydrogens (tertiary/aromatic N) is 1. The van der Waals surface area contributed by atoms with Crippen LogP contribution in [0.15, 0.2) is 79.4 Å². The molecule has 0 unspecified atom stereocenters. The highest BCUT2D eigenvalue weighted by atomic mass is 16.5. The highest BCUT2D eigenvalue weighted by Crippen LogP contribution is 2.38. The molecule has 3 aromatic carbocycles. The Kier molecular flexibility index (Phi) is 6.64. The second-order valence-corrected chi connectivity index (χ2v) is 8.14. The summed E-state index contributed by atoms with van der Waals surface area (Å²) in [5.41, 5.74) is 11.5. The minimum atomic E-state index is -0.983. The topological polar surface area (TPSA) is 74.3 Å². The van der Waals surface area contributed by atoms with Crippen molar-refractivity contribution in [2.24, 2.45) is 5.73 Å². The van der Waals surface area contributed by atoms with Crippen LogP contribution in [-0.4, -0.2) is 22.9 Å². The number of amides is 1. The number of aromatic nitrogens is 1. The number of carbonyl (C=O) groups excluding carboxylic acids is 2. The number of ether oxygens (including phenoxy) is 1. The highest BCUT2D eigenvalue weighted by Gasteiger charge is 2.27. The molecule has 34 heavy (non-hydrogen) atoms. The summed E-state index contributed by atoms with van der Waals surface area (Å²) < 4.78 is 8.08. The van der Waals surface area contributed by atoms with Crippen molar-refractivity contribution < 1.29 is 14.3 Å². The molecule has 5 heteroatoms. The summed E-state index contributed by atoms with van der Waals surface area (Å²) >= 11 is 0. The van der Waals surface area contributed by atoms with Crippen molar-refractivity contribution in [2.75, 3.05) is 6.61 Å². The molecule has 0 atom stereocenters. The molecule has 0 radical (unpaired) electrons. The van der Waals surface area contributed by atoms with Crippen molar-refractivity contribution in [3.05, 3.63) is 102 Å². The van der Waals surface area contributed by atoms with E-state index in [2.05, 4.69) is 35.4 Å². The normalized spacial score (nSPS) is 10.9. The third-order valence-corrected chi connectivity index (χ3v) is 6.06. The van der Waals surface area contributed by atoms with Gasteiger partial charge in [-0.05, 0) is 48.6 Å². The molecule has 1 amide bonds. The molecule has 5 nitrogen and oxygen atoms in total. The standard InChI is InChI=1S/C29H28N2O3/c1-4-11-21-16-17-24-26(28(21)34-5-2)25(27(32)29(30)33)19(3)31(24)18-22-14-9-10-15-23(22)20-12-7-6-8-13-20/h4,6-10,12-17H,1,5,11,18H2,2-3H3,(H2,30,33). The Bertz CT molecular complexity index is 1380. The number of hydrogen-bond acceptors (Lipinski definition) is 3. The number of carbonyl (C=O) groups is 2. The molecule has 0 bridgehead atoms. The lowest BCUT2D eigenvalue weighted by molar-refractivity contribution is -0.114. The lowest BCUT2D eigenvalue weighted by Crippen LogP contribution is -2.24. The maximum absolute atomic E-state index is 13.0. The average Bonchev–Trinajstić information content (AvgIpc) is 3.12. The van der Waals surface area contributed by atoms with Crippen molar-refractivity contribution in [2.45, 2.75) is 26.8 Å². The fourth-order valence-electron chi connectivity index (χ4n) is 4.54. The van der Waals surface area contributed by atoms with E-state index in [0.29, 0.717) is 42.0 Å². The van der Waals surface area contributed by atoms with Gasteiger partial charge in [0, 0.05) is 12.2 Å². The average molecular weight is 453 g/mol. The monoisotopic (exact) mass is 452 g/mol. The van der Waals surface area contributed by atoms with Crippen LogP contribution >= 0.6 is 0 Å². The van der Waals surface area contributed by atoms with E-state index in [1.165, 1.54) is 0 Å². The summed E-state index contributed by atoms with van der Waals surface area (Å²) in [6.07, 6.45) is 2.37. The summed E-state index contributed by atoms with van der Waals surface area (Å²) in [5, 5.41) is 0.625. The number of primary amides is 1. The first kappa shape index (κ1) is 23.1. The minimum Gasteiger partial charge on any atom is -0.493 e. The van der Waals surface area contributed by atoms with E-state index in [0.717, 1.165) is 27.8 Å². The first-order valence-corrected chi connectivity index (χ1v) is 11.3. The van der Waals surface area contributed by atoms with Gasteiger partial charge in [0.25, 0.3) is 11.7 Å². The van der Waals surface area contributed by atoms with Gasteiger partial charge in [-0.25, -0.2) is 0 Å². The quantitative estimate of drug-likeness (QED) is 0.208. The fourth-order valence-corrected chi connectivity index (χ4v) is 4.54. The number of allylic oxidation sites excluding steroid dienone is 1. The van der Waals surface area contributed by atoms with E-state index in [4.69, 9.17) is 10.5 Å². The molecule has 2 N–H and O–H groups in total. The Morgan fingerprint density at radius 2 is 1.71 bits per heavy atom. The van der Waals surface area contributed by atoms with E-state index >= 15 is 0 Å². The lowest BCUT2D eigenvalue weighted by atomic mass is 9.99. The molecule has 0 spiro atoms. The number of ketones is 1. The summed E-state index contributed by atoms with van der Waals surface area (Å²) in [6, 6.07) is 22.4. The third-order valence-electron chi connectivity index (χ3n) is 6.06. The predicted molar refractivity (Wildman–Crippen MR) is 136 cm³/mol. The first-order chi connectivity index (χ1) is 16.5. The molecule has 0 aliphatic heterocycles. The van der Waals surface area contributed by atoms with Crippen LogP contribution in [0.2, 0.25) is 0 Å². The SMILES string of the molecule is C=CCc1ccc2c(c1OCC)c(C(=O)C(N)=O)c(C)n2Cc1ccccc1-c1ccccc1. The molecule has 0 aliphatic carbocycles. The van der Waals surface area contributed by atoms with Crippen LogP contribution in [0.3, 0.4) is 0 Å². The van der Waals surface area contributed by atoms with Gasteiger partial charge in [-0.1, -0.05) is 66.7 Å². The predicted octanol–water partition coefficient (Wildman–Crippen LogP) is 5.46. The zero-order valence-corrected chi connectivity index (χ0v) is 19.5. The van der Waals surface area contributed by atoms with Crippen LogP contribution in [0.25, 0.3) is 22.0 Å². The molecular formula is C29H28N2O3. The van der Waals surface area contributed by atoms with Gasteiger partial charge < -0.3 is 15.0 Å². The molecule has 4 aromatic rings.